The van der Waals surface area contributed by atoms with Gasteiger partial charge in [0.25, 0.3) is 0 Å². The molecule has 1 atom stereocenters. The summed E-state index contributed by atoms with van der Waals surface area (Å²) in [7, 11) is 4.15. The summed E-state index contributed by atoms with van der Waals surface area (Å²) in [6.07, 6.45) is 2.89. The van der Waals surface area contributed by atoms with Crippen LogP contribution in [0.4, 0.5) is 0 Å². The number of rotatable bonds is 10. The number of halogens is 1. The zero-order valence-electron chi connectivity index (χ0n) is 13.0. The van der Waals surface area contributed by atoms with E-state index in [0.29, 0.717) is 0 Å². The minimum absolute atomic E-state index is 0.275. The number of hydrogen-bond acceptors (Lipinski definition) is 4. The van der Waals surface area contributed by atoms with E-state index in [-0.39, 0.29) is 6.04 Å². The fourth-order valence-corrected chi connectivity index (χ4v) is 3.00. The van der Waals surface area contributed by atoms with E-state index in [9.17, 15) is 0 Å². The van der Waals surface area contributed by atoms with E-state index in [4.69, 9.17) is 11.6 Å². The van der Waals surface area contributed by atoms with Crippen molar-refractivity contribution >= 4 is 23.4 Å². The molecule has 0 aromatic carbocycles. The molecule has 6 heteroatoms. The van der Waals surface area contributed by atoms with E-state index >= 15 is 0 Å². The Hall–Kier alpha value is -0.230. The molecule has 0 aliphatic carbocycles. The van der Waals surface area contributed by atoms with Crippen LogP contribution in [-0.4, -0.2) is 53.4 Å². The van der Waals surface area contributed by atoms with Crippen LogP contribution in [0.1, 0.15) is 32.0 Å². The van der Waals surface area contributed by atoms with Crippen molar-refractivity contribution in [3.05, 3.63) is 16.9 Å². The van der Waals surface area contributed by atoms with Gasteiger partial charge in [-0.3, -0.25) is 4.68 Å². The van der Waals surface area contributed by atoms with Crippen molar-refractivity contribution in [2.75, 3.05) is 38.7 Å². The lowest BCUT2D eigenvalue weighted by atomic mass is 10.2. The van der Waals surface area contributed by atoms with Gasteiger partial charge in [-0.05, 0) is 32.8 Å². The summed E-state index contributed by atoms with van der Waals surface area (Å²) in [4.78, 5) is 2.16. The summed E-state index contributed by atoms with van der Waals surface area (Å²) >= 11 is 8.30. The fourth-order valence-electron chi connectivity index (χ4n) is 1.98. The Balaban J connectivity index is 2.83. The molecule has 0 aliphatic rings. The van der Waals surface area contributed by atoms with E-state index < -0.39 is 0 Å². The molecule has 0 bridgehead atoms. The van der Waals surface area contributed by atoms with Crippen LogP contribution < -0.4 is 5.32 Å². The second-order valence-corrected chi connectivity index (χ2v) is 6.80. The van der Waals surface area contributed by atoms with Gasteiger partial charge in [-0.25, -0.2) is 0 Å². The number of hydrogen-bond donors (Lipinski definition) is 1. The molecule has 1 heterocycles. The second-order valence-electron chi connectivity index (χ2n) is 5.07. The monoisotopic (exact) mass is 318 g/mol. The third kappa shape index (κ3) is 5.64. The Bertz CT molecular complexity index is 373. The second kappa shape index (κ2) is 9.66. The first kappa shape index (κ1) is 17.8. The molecule has 1 aromatic heterocycles. The lowest BCUT2D eigenvalue weighted by Crippen LogP contribution is -2.28. The standard InChI is InChI=1S/C14H27ClN4S/c1-5-7-16-13(11-20-6-2)14-12(15)10-17-19(14)9-8-18(3)4/h10,13,16H,5-9,11H2,1-4H3. The van der Waals surface area contributed by atoms with Crippen molar-refractivity contribution in [1.82, 2.24) is 20.0 Å². The van der Waals surface area contributed by atoms with E-state index in [1.807, 2.05) is 16.4 Å². The van der Waals surface area contributed by atoms with E-state index in [1.165, 1.54) is 0 Å². The molecule has 0 radical (unpaired) electrons. The van der Waals surface area contributed by atoms with Crippen molar-refractivity contribution in [3.8, 4) is 0 Å². The normalized spacial score (nSPS) is 13.1. The predicted molar refractivity (Wildman–Crippen MR) is 89.8 cm³/mol. The van der Waals surface area contributed by atoms with Gasteiger partial charge in [-0.1, -0.05) is 25.4 Å². The highest BCUT2D eigenvalue weighted by molar-refractivity contribution is 7.99. The maximum Gasteiger partial charge on any atom is 0.0834 e. The maximum absolute atomic E-state index is 6.37. The van der Waals surface area contributed by atoms with Crippen LogP contribution >= 0.6 is 23.4 Å². The number of likely N-dealkylation sites (N-methyl/N-ethyl adjacent to an activating group) is 1. The first-order valence-electron chi connectivity index (χ1n) is 7.27. The predicted octanol–water partition coefficient (Wildman–Crippen LogP) is 2.89. The topological polar surface area (TPSA) is 33.1 Å². The van der Waals surface area contributed by atoms with Gasteiger partial charge in [0.2, 0.25) is 0 Å². The van der Waals surface area contributed by atoms with Crippen LogP contribution in [0.25, 0.3) is 0 Å². The van der Waals surface area contributed by atoms with E-state index in [1.54, 1.807) is 6.20 Å². The van der Waals surface area contributed by atoms with Crippen LogP contribution in [0, 0.1) is 0 Å². The quantitative estimate of drug-likeness (QED) is 0.719. The molecular weight excluding hydrogens is 292 g/mol. The van der Waals surface area contributed by atoms with Gasteiger partial charge in [0.1, 0.15) is 0 Å². The van der Waals surface area contributed by atoms with E-state index in [2.05, 4.69) is 43.3 Å². The van der Waals surface area contributed by atoms with Crippen molar-refractivity contribution in [2.45, 2.75) is 32.9 Å². The first-order chi connectivity index (χ1) is 9.60. The summed E-state index contributed by atoms with van der Waals surface area (Å²) in [5.41, 5.74) is 1.13. The minimum atomic E-state index is 0.275. The maximum atomic E-state index is 6.37. The van der Waals surface area contributed by atoms with Crippen molar-refractivity contribution < 1.29 is 0 Å². The third-order valence-corrected chi connectivity index (χ3v) is 4.32. The van der Waals surface area contributed by atoms with Crippen LogP contribution in [0.3, 0.4) is 0 Å². The molecule has 4 nitrogen and oxygen atoms in total. The largest absolute Gasteiger partial charge is 0.308 e. The van der Waals surface area contributed by atoms with Crippen molar-refractivity contribution in [1.29, 1.82) is 0 Å². The minimum Gasteiger partial charge on any atom is -0.308 e. The lowest BCUT2D eigenvalue weighted by Gasteiger charge is -2.21. The van der Waals surface area contributed by atoms with Gasteiger partial charge >= 0.3 is 0 Å². The van der Waals surface area contributed by atoms with Crippen LogP contribution in [0.5, 0.6) is 0 Å². The lowest BCUT2D eigenvalue weighted by molar-refractivity contribution is 0.364. The van der Waals surface area contributed by atoms with Gasteiger partial charge in [-0.2, -0.15) is 16.9 Å². The summed E-state index contributed by atoms with van der Waals surface area (Å²) in [6, 6.07) is 0.275. The number of aromatic nitrogens is 2. The van der Waals surface area contributed by atoms with Crippen LogP contribution in [0.15, 0.2) is 6.20 Å². The molecule has 0 saturated heterocycles. The number of thioether (sulfide) groups is 1. The summed E-state index contributed by atoms with van der Waals surface area (Å²) in [5.74, 6) is 2.15. The van der Waals surface area contributed by atoms with Gasteiger partial charge in [-0.15, -0.1) is 0 Å². The molecule has 0 saturated carbocycles. The van der Waals surface area contributed by atoms with Gasteiger partial charge in [0.15, 0.2) is 0 Å². The Labute approximate surface area is 132 Å². The molecule has 1 unspecified atom stereocenters. The molecule has 0 amide bonds. The average molecular weight is 319 g/mol. The van der Waals surface area contributed by atoms with Crippen molar-refractivity contribution in [2.24, 2.45) is 0 Å². The summed E-state index contributed by atoms with van der Waals surface area (Å²) in [6.45, 7) is 7.21. The molecule has 1 rings (SSSR count). The Kier molecular flexibility index (Phi) is 8.61. The number of nitrogens with zero attached hydrogens (tertiary/aromatic N) is 3. The summed E-state index contributed by atoms with van der Waals surface area (Å²) < 4.78 is 2.05. The molecule has 0 fully saturated rings. The highest BCUT2D eigenvalue weighted by atomic mass is 35.5. The van der Waals surface area contributed by atoms with Crippen LogP contribution in [0.2, 0.25) is 5.02 Å². The highest BCUT2D eigenvalue weighted by Crippen LogP contribution is 2.25. The van der Waals surface area contributed by atoms with Gasteiger partial charge < -0.3 is 10.2 Å². The number of nitrogens with one attached hydrogen (secondary N) is 1. The smallest absolute Gasteiger partial charge is 0.0834 e. The van der Waals surface area contributed by atoms with Crippen LogP contribution in [-0.2, 0) is 6.54 Å². The van der Waals surface area contributed by atoms with Gasteiger partial charge in [0, 0.05) is 12.3 Å². The molecule has 0 aliphatic heterocycles. The molecule has 20 heavy (non-hydrogen) atoms. The van der Waals surface area contributed by atoms with Gasteiger partial charge in [0.05, 0.1) is 29.5 Å². The third-order valence-electron chi connectivity index (χ3n) is 3.05. The summed E-state index contributed by atoms with van der Waals surface area (Å²) in [5, 5.41) is 8.80. The fraction of sp³-hybridized carbons (Fsp3) is 0.786. The molecule has 1 aromatic rings. The zero-order valence-corrected chi connectivity index (χ0v) is 14.6. The Morgan fingerprint density at radius 3 is 2.80 bits per heavy atom. The first-order valence-corrected chi connectivity index (χ1v) is 8.80. The SMILES string of the molecule is CCCNC(CSCC)c1c(Cl)cnn1CCN(C)C. The molecular formula is C14H27ClN4S. The molecule has 0 spiro atoms. The van der Waals surface area contributed by atoms with E-state index in [0.717, 1.165) is 48.3 Å². The average Bonchev–Trinajstić information content (AvgIpc) is 2.78. The zero-order chi connectivity index (χ0) is 15.0. The highest BCUT2D eigenvalue weighted by Gasteiger charge is 2.19. The Morgan fingerprint density at radius 1 is 1.45 bits per heavy atom. The Morgan fingerprint density at radius 2 is 2.20 bits per heavy atom. The molecule has 116 valence electrons. The molecule has 1 N–H and O–H groups in total. The van der Waals surface area contributed by atoms with Crippen molar-refractivity contribution in [3.63, 3.8) is 0 Å².